The summed E-state index contributed by atoms with van der Waals surface area (Å²) in [5.74, 6) is 0. The molecule has 0 aromatic carbocycles. The molecular formula is C12H21F2N3. The van der Waals surface area contributed by atoms with E-state index >= 15 is 0 Å². The maximum absolute atomic E-state index is 12.4. The molecule has 0 spiro atoms. The van der Waals surface area contributed by atoms with Gasteiger partial charge in [-0.3, -0.25) is 4.68 Å². The van der Waals surface area contributed by atoms with Gasteiger partial charge in [-0.15, -0.1) is 0 Å². The molecule has 98 valence electrons. The minimum absolute atomic E-state index is 0.200. The van der Waals surface area contributed by atoms with E-state index < -0.39 is 6.43 Å². The van der Waals surface area contributed by atoms with E-state index in [0.717, 1.165) is 29.9 Å². The minimum atomic E-state index is -2.36. The van der Waals surface area contributed by atoms with Gasteiger partial charge < -0.3 is 5.32 Å². The number of hydrogen-bond acceptors (Lipinski definition) is 2. The molecule has 1 rings (SSSR count). The molecule has 1 atom stereocenters. The number of nitrogens with one attached hydrogen (secondary N) is 1. The van der Waals surface area contributed by atoms with Gasteiger partial charge in [0, 0.05) is 17.3 Å². The smallest absolute Gasteiger partial charge is 0.257 e. The topological polar surface area (TPSA) is 29.9 Å². The molecule has 1 aromatic rings. The molecule has 0 saturated heterocycles. The summed E-state index contributed by atoms with van der Waals surface area (Å²) in [5, 5.41) is 7.55. The first-order valence-electron chi connectivity index (χ1n) is 6.06. The maximum Gasteiger partial charge on any atom is 0.257 e. The number of hydrogen-bond donors (Lipinski definition) is 1. The van der Waals surface area contributed by atoms with Gasteiger partial charge in [-0.05, 0) is 26.8 Å². The molecule has 0 aliphatic heterocycles. The molecule has 0 bridgehead atoms. The van der Waals surface area contributed by atoms with Crippen molar-refractivity contribution < 1.29 is 8.78 Å². The van der Waals surface area contributed by atoms with Crippen LogP contribution in [0.25, 0.3) is 0 Å². The van der Waals surface area contributed by atoms with Crippen molar-refractivity contribution in [1.82, 2.24) is 15.1 Å². The number of aromatic nitrogens is 2. The molecule has 17 heavy (non-hydrogen) atoms. The Kier molecular flexibility index (Phi) is 5.05. The highest BCUT2D eigenvalue weighted by Crippen LogP contribution is 2.24. The lowest BCUT2D eigenvalue weighted by Crippen LogP contribution is -2.21. The van der Waals surface area contributed by atoms with Crippen molar-refractivity contribution in [2.24, 2.45) is 0 Å². The first-order chi connectivity index (χ1) is 8.01. The number of aryl methyl sites for hydroxylation is 1. The summed E-state index contributed by atoms with van der Waals surface area (Å²) in [5.41, 5.74) is 2.75. The third kappa shape index (κ3) is 3.25. The number of alkyl halides is 2. The van der Waals surface area contributed by atoms with Gasteiger partial charge in [0.15, 0.2) is 0 Å². The van der Waals surface area contributed by atoms with E-state index in [1.807, 2.05) is 20.8 Å². The van der Waals surface area contributed by atoms with Crippen molar-refractivity contribution in [3.63, 3.8) is 0 Å². The molecule has 0 aliphatic rings. The summed E-state index contributed by atoms with van der Waals surface area (Å²) in [7, 11) is 0. The standard InChI is InChI=1S/C12H21F2N3/c1-5-10(15-6-2)12-8(3)16-17(9(12)4)7-11(13)14/h10-11,15H,5-7H2,1-4H3. The predicted octanol–water partition coefficient (Wildman–Crippen LogP) is 2.83. The van der Waals surface area contributed by atoms with E-state index in [1.165, 1.54) is 4.68 Å². The van der Waals surface area contributed by atoms with Crippen molar-refractivity contribution in [1.29, 1.82) is 0 Å². The summed E-state index contributed by atoms with van der Waals surface area (Å²) in [6.07, 6.45) is -1.43. The van der Waals surface area contributed by atoms with E-state index in [0.29, 0.717) is 0 Å². The largest absolute Gasteiger partial charge is 0.310 e. The highest BCUT2D eigenvalue weighted by molar-refractivity contribution is 5.28. The van der Waals surface area contributed by atoms with Gasteiger partial charge in [-0.1, -0.05) is 13.8 Å². The van der Waals surface area contributed by atoms with Crippen LogP contribution in [-0.2, 0) is 6.54 Å². The van der Waals surface area contributed by atoms with E-state index in [9.17, 15) is 8.78 Å². The van der Waals surface area contributed by atoms with E-state index in [-0.39, 0.29) is 12.6 Å². The van der Waals surface area contributed by atoms with Gasteiger partial charge in [0.1, 0.15) is 6.54 Å². The Morgan fingerprint density at radius 2 is 1.94 bits per heavy atom. The fourth-order valence-electron chi connectivity index (χ4n) is 2.22. The normalized spacial score (nSPS) is 13.4. The zero-order chi connectivity index (χ0) is 13.0. The Labute approximate surface area is 101 Å². The number of nitrogens with zero attached hydrogens (tertiary/aromatic N) is 2. The predicted molar refractivity (Wildman–Crippen MR) is 64.4 cm³/mol. The van der Waals surface area contributed by atoms with Gasteiger partial charge in [-0.2, -0.15) is 5.10 Å². The van der Waals surface area contributed by atoms with E-state index in [4.69, 9.17) is 0 Å². The van der Waals surface area contributed by atoms with Crippen molar-refractivity contribution in [3.8, 4) is 0 Å². The molecule has 5 heteroatoms. The molecule has 0 radical (unpaired) electrons. The molecule has 1 N–H and O–H groups in total. The maximum atomic E-state index is 12.4. The summed E-state index contributed by atoms with van der Waals surface area (Å²) < 4.78 is 26.2. The van der Waals surface area contributed by atoms with E-state index in [1.54, 1.807) is 0 Å². The van der Waals surface area contributed by atoms with Crippen LogP contribution in [0.1, 0.15) is 43.3 Å². The molecular weight excluding hydrogens is 224 g/mol. The lowest BCUT2D eigenvalue weighted by molar-refractivity contribution is 0.121. The first kappa shape index (κ1) is 14.1. The second-order valence-corrected chi connectivity index (χ2v) is 4.18. The molecule has 1 heterocycles. The van der Waals surface area contributed by atoms with Crippen LogP contribution >= 0.6 is 0 Å². The van der Waals surface area contributed by atoms with E-state index in [2.05, 4.69) is 17.3 Å². The molecule has 0 saturated carbocycles. The second-order valence-electron chi connectivity index (χ2n) is 4.18. The van der Waals surface area contributed by atoms with Crippen LogP contribution in [0, 0.1) is 13.8 Å². The number of halogens is 2. The average molecular weight is 245 g/mol. The van der Waals surface area contributed by atoms with Crippen LogP contribution in [-0.4, -0.2) is 22.8 Å². The zero-order valence-electron chi connectivity index (χ0n) is 10.9. The first-order valence-corrected chi connectivity index (χ1v) is 6.06. The fraction of sp³-hybridized carbons (Fsp3) is 0.750. The zero-order valence-corrected chi connectivity index (χ0v) is 10.9. The molecule has 3 nitrogen and oxygen atoms in total. The quantitative estimate of drug-likeness (QED) is 0.835. The Hall–Kier alpha value is -0.970. The third-order valence-corrected chi connectivity index (χ3v) is 2.96. The fourth-order valence-corrected chi connectivity index (χ4v) is 2.22. The summed E-state index contributed by atoms with van der Waals surface area (Å²) in [6.45, 7) is 8.39. The Bertz CT molecular complexity index is 361. The van der Waals surface area contributed by atoms with Crippen LogP contribution < -0.4 is 5.32 Å². The minimum Gasteiger partial charge on any atom is -0.310 e. The second kappa shape index (κ2) is 6.10. The highest BCUT2D eigenvalue weighted by Gasteiger charge is 2.20. The van der Waals surface area contributed by atoms with Crippen LogP contribution in [0.2, 0.25) is 0 Å². The lowest BCUT2D eigenvalue weighted by atomic mass is 10.0. The van der Waals surface area contributed by atoms with Crippen LogP contribution in [0.5, 0.6) is 0 Å². The van der Waals surface area contributed by atoms with Crippen molar-refractivity contribution in [2.75, 3.05) is 6.54 Å². The monoisotopic (exact) mass is 245 g/mol. The Morgan fingerprint density at radius 3 is 2.41 bits per heavy atom. The molecule has 0 fully saturated rings. The third-order valence-electron chi connectivity index (χ3n) is 2.96. The van der Waals surface area contributed by atoms with Gasteiger partial charge in [-0.25, -0.2) is 8.78 Å². The van der Waals surface area contributed by atoms with Crippen LogP contribution in [0.3, 0.4) is 0 Å². The van der Waals surface area contributed by atoms with Crippen molar-refractivity contribution in [2.45, 2.75) is 53.1 Å². The van der Waals surface area contributed by atoms with Crippen molar-refractivity contribution >= 4 is 0 Å². The van der Waals surface area contributed by atoms with Gasteiger partial charge in [0.05, 0.1) is 5.69 Å². The Morgan fingerprint density at radius 1 is 1.29 bits per heavy atom. The van der Waals surface area contributed by atoms with Gasteiger partial charge >= 0.3 is 0 Å². The average Bonchev–Trinajstić information content (AvgIpc) is 2.51. The van der Waals surface area contributed by atoms with Crippen LogP contribution in [0.15, 0.2) is 0 Å². The van der Waals surface area contributed by atoms with Gasteiger partial charge in [0.2, 0.25) is 0 Å². The van der Waals surface area contributed by atoms with Crippen LogP contribution in [0.4, 0.5) is 8.78 Å². The highest BCUT2D eigenvalue weighted by atomic mass is 19.3. The summed E-state index contributed by atoms with van der Waals surface area (Å²) in [4.78, 5) is 0. The molecule has 1 aromatic heterocycles. The summed E-state index contributed by atoms with van der Waals surface area (Å²) >= 11 is 0. The van der Waals surface area contributed by atoms with Gasteiger partial charge in [0.25, 0.3) is 6.43 Å². The number of rotatable bonds is 6. The Balaban J connectivity index is 3.02. The SMILES string of the molecule is CCNC(CC)c1c(C)nn(CC(F)F)c1C. The summed E-state index contributed by atoms with van der Waals surface area (Å²) in [6, 6.07) is 0.200. The molecule has 1 unspecified atom stereocenters. The molecule has 0 aliphatic carbocycles. The molecule has 0 amide bonds. The van der Waals surface area contributed by atoms with Crippen molar-refractivity contribution in [3.05, 3.63) is 17.0 Å². The lowest BCUT2D eigenvalue weighted by Gasteiger charge is -2.16.